The minimum absolute atomic E-state index is 0.153. The van der Waals surface area contributed by atoms with Gasteiger partial charge in [-0.1, -0.05) is 40.2 Å². The Morgan fingerprint density at radius 2 is 1.74 bits per heavy atom. The number of methoxy groups -OCH3 is 1. The van der Waals surface area contributed by atoms with Crippen LogP contribution in [0.25, 0.3) is 0 Å². The fourth-order valence-corrected chi connectivity index (χ4v) is 3.32. The SMILES string of the molecule is COc1ccc(C(Br)c2c(C)cccc2C)c(F)c1. The summed E-state index contributed by atoms with van der Waals surface area (Å²) in [5.74, 6) is 0.270. The monoisotopic (exact) mass is 322 g/mol. The van der Waals surface area contributed by atoms with Gasteiger partial charge in [0.1, 0.15) is 11.6 Å². The average Bonchev–Trinajstić information content (AvgIpc) is 2.38. The molecule has 0 N–H and O–H groups in total. The number of ether oxygens (including phenoxy) is 1. The summed E-state index contributed by atoms with van der Waals surface area (Å²) in [5.41, 5.74) is 4.04. The van der Waals surface area contributed by atoms with Crippen molar-refractivity contribution >= 4 is 15.9 Å². The molecule has 1 nitrogen and oxygen atoms in total. The van der Waals surface area contributed by atoms with Gasteiger partial charge >= 0.3 is 0 Å². The van der Waals surface area contributed by atoms with Crippen molar-refractivity contribution in [2.24, 2.45) is 0 Å². The number of halogens is 2. The van der Waals surface area contributed by atoms with Gasteiger partial charge in [0, 0.05) is 11.6 Å². The lowest BCUT2D eigenvalue weighted by Crippen LogP contribution is -2.01. The van der Waals surface area contributed by atoms with E-state index in [9.17, 15) is 4.39 Å². The highest BCUT2D eigenvalue weighted by Gasteiger charge is 2.18. The summed E-state index contributed by atoms with van der Waals surface area (Å²) in [4.78, 5) is -0.153. The molecule has 0 amide bonds. The lowest BCUT2D eigenvalue weighted by Gasteiger charge is -2.17. The molecule has 3 heteroatoms. The number of alkyl halides is 1. The molecule has 2 rings (SSSR count). The predicted molar refractivity (Wildman–Crippen MR) is 79.6 cm³/mol. The predicted octanol–water partition coefficient (Wildman–Crippen LogP) is 4.94. The molecule has 0 heterocycles. The molecule has 2 aromatic carbocycles. The van der Waals surface area contributed by atoms with Crippen LogP contribution in [0.2, 0.25) is 0 Å². The molecule has 0 saturated heterocycles. The van der Waals surface area contributed by atoms with Gasteiger partial charge in [-0.3, -0.25) is 0 Å². The molecule has 1 atom stereocenters. The van der Waals surface area contributed by atoms with E-state index in [0.717, 1.165) is 16.7 Å². The molecule has 100 valence electrons. The lowest BCUT2D eigenvalue weighted by molar-refractivity contribution is 0.411. The first-order valence-electron chi connectivity index (χ1n) is 6.08. The molecule has 0 aromatic heterocycles. The van der Waals surface area contributed by atoms with E-state index >= 15 is 0 Å². The van der Waals surface area contributed by atoms with E-state index in [0.29, 0.717) is 11.3 Å². The Kier molecular flexibility index (Phi) is 4.25. The largest absolute Gasteiger partial charge is 0.497 e. The zero-order valence-electron chi connectivity index (χ0n) is 11.2. The van der Waals surface area contributed by atoms with Gasteiger partial charge in [0.05, 0.1) is 11.9 Å². The Balaban J connectivity index is 2.47. The maximum atomic E-state index is 14.1. The molecule has 0 aliphatic heterocycles. The Morgan fingerprint density at radius 3 is 2.26 bits per heavy atom. The van der Waals surface area contributed by atoms with Crippen LogP contribution >= 0.6 is 15.9 Å². The maximum absolute atomic E-state index is 14.1. The highest BCUT2D eigenvalue weighted by atomic mass is 79.9. The molecule has 0 spiro atoms. The van der Waals surface area contributed by atoms with Gasteiger partial charge in [-0.15, -0.1) is 0 Å². The van der Waals surface area contributed by atoms with Crippen molar-refractivity contribution in [3.8, 4) is 5.75 Å². The maximum Gasteiger partial charge on any atom is 0.131 e. The zero-order valence-corrected chi connectivity index (χ0v) is 12.8. The second kappa shape index (κ2) is 5.74. The molecule has 0 fully saturated rings. The first-order valence-corrected chi connectivity index (χ1v) is 6.99. The number of aryl methyl sites for hydroxylation is 2. The summed E-state index contributed by atoms with van der Waals surface area (Å²) in [6.45, 7) is 4.08. The number of hydrogen-bond acceptors (Lipinski definition) is 1. The van der Waals surface area contributed by atoms with Crippen molar-refractivity contribution in [3.63, 3.8) is 0 Å². The van der Waals surface area contributed by atoms with E-state index in [1.807, 2.05) is 32.0 Å². The zero-order chi connectivity index (χ0) is 14.0. The fourth-order valence-electron chi connectivity index (χ4n) is 2.22. The molecule has 0 bridgehead atoms. The normalized spacial score (nSPS) is 12.3. The Bertz CT molecular complexity index is 575. The topological polar surface area (TPSA) is 9.23 Å². The second-order valence-electron chi connectivity index (χ2n) is 4.56. The first kappa shape index (κ1) is 14.1. The van der Waals surface area contributed by atoms with E-state index < -0.39 is 0 Å². The number of benzene rings is 2. The van der Waals surface area contributed by atoms with E-state index in [2.05, 4.69) is 15.9 Å². The van der Waals surface area contributed by atoms with Crippen LogP contribution < -0.4 is 4.74 Å². The van der Waals surface area contributed by atoms with E-state index in [-0.39, 0.29) is 10.6 Å². The van der Waals surface area contributed by atoms with Crippen molar-refractivity contribution in [3.05, 3.63) is 64.5 Å². The van der Waals surface area contributed by atoms with Crippen LogP contribution in [0.3, 0.4) is 0 Å². The van der Waals surface area contributed by atoms with Gasteiger partial charge < -0.3 is 4.74 Å². The smallest absolute Gasteiger partial charge is 0.131 e. The van der Waals surface area contributed by atoms with Gasteiger partial charge in [0.25, 0.3) is 0 Å². The quantitative estimate of drug-likeness (QED) is 0.727. The van der Waals surface area contributed by atoms with Crippen LogP contribution in [0.1, 0.15) is 27.1 Å². The average molecular weight is 323 g/mol. The van der Waals surface area contributed by atoms with Crippen LogP contribution in [0.4, 0.5) is 4.39 Å². The van der Waals surface area contributed by atoms with Crippen molar-refractivity contribution in [1.82, 2.24) is 0 Å². The van der Waals surface area contributed by atoms with Gasteiger partial charge in [0.2, 0.25) is 0 Å². The third kappa shape index (κ3) is 2.81. The molecule has 0 saturated carbocycles. The summed E-state index contributed by atoms with van der Waals surface area (Å²) in [6, 6.07) is 11.0. The van der Waals surface area contributed by atoms with Gasteiger partial charge in [-0.05, 0) is 36.6 Å². The third-order valence-electron chi connectivity index (χ3n) is 3.28. The number of hydrogen-bond donors (Lipinski definition) is 0. The summed E-state index contributed by atoms with van der Waals surface area (Å²) in [7, 11) is 1.53. The lowest BCUT2D eigenvalue weighted by atomic mass is 9.96. The Hall–Kier alpha value is -1.35. The van der Waals surface area contributed by atoms with Crippen LogP contribution in [0.5, 0.6) is 5.75 Å². The molecular formula is C16H16BrFO. The second-order valence-corrected chi connectivity index (χ2v) is 5.47. The Morgan fingerprint density at radius 1 is 1.11 bits per heavy atom. The molecule has 0 radical (unpaired) electrons. The standard InChI is InChI=1S/C16H16BrFO/c1-10-5-4-6-11(2)15(10)16(17)13-8-7-12(19-3)9-14(13)18/h4-9,16H,1-3H3. The molecule has 2 aromatic rings. The van der Waals surface area contributed by atoms with Gasteiger partial charge in [-0.25, -0.2) is 4.39 Å². The van der Waals surface area contributed by atoms with E-state index in [1.54, 1.807) is 12.1 Å². The summed E-state index contributed by atoms with van der Waals surface area (Å²) >= 11 is 3.61. The van der Waals surface area contributed by atoms with Gasteiger partial charge in [0.15, 0.2) is 0 Å². The fraction of sp³-hybridized carbons (Fsp3) is 0.250. The Labute approximate surface area is 121 Å². The van der Waals surface area contributed by atoms with Crippen LogP contribution in [0.15, 0.2) is 36.4 Å². The third-order valence-corrected chi connectivity index (χ3v) is 4.23. The van der Waals surface area contributed by atoms with Crippen molar-refractivity contribution < 1.29 is 9.13 Å². The van der Waals surface area contributed by atoms with Gasteiger partial charge in [-0.2, -0.15) is 0 Å². The summed E-state index contributed by atoms with van der Waals surface area (Å²) < 4.78 is 19.2. The molecule has 1 unspecified atom stereocenters. The van der Waals surface area contributed by atoms with Crippen molar-refractivity contribution in [1.29, 1.82) is 0 Å². The highest BCUT2D eigenvalue weighted by molar-refractivity contribution is 9.09. The molecule has 0 aliphatic rings. The van der Waals surface area contributed by atoms with Crippen LogP contribution in [0, 0.1) is 19.7 Å². The summed E-state index contributed by atoms with van der Waals surface area (Å²) in [5, 5.41) is 0. The van der Waals surface area contributed by atoms with Crippen molar-refractivity contribution in [2.75, 3.05) is 7.11 Å². The molecule has 19 heavy (non-hydrogen) atoms. The van der Waals surface area contributed by atoms with Crippen LogP contribution in [-0.2, 0) is 0 Å². The summed E-state index contributed by atoms with van der Waals surface area (Å²) in [6.07, 6.45) is 0. The minimum Gasteiger partial charge on any atom is -0.497 e. The highest BCUT2D eigenvalue weighted by Crippen LogP contribution is 2.37. The van der Waals surface area contributed by atoms with E-state index in [1.165, 1.54) is 13.2 Å². The van der Waals surface area contributed by atoms with Crippen LogP contribution in [-0.4, -0.2) is 7.11 Å². The van der Waals surface area contributed by atoms with Crippen molar-refractivity contribution in [2.45, 2.75) is 18.7 Å². The molecular weight excluding hydrogens is 307 g/mol. The molecule has 0 aliphatic carbocycles. The first-order chi connectivity index (χ1) is 9.04. The number of rotatable bonds is 3. The van der Waals surface area contributed by atoms with E-state index in [4.69, 9.17) is 4.74 Å². The minimum atomic E-state index is -0.260.